The molecular weight excluding hydrogens is 408 g/mol. The van der Waals surface area contributed by atoms with Crippen LogP contribution < -0.4 is 10.6 Å². The van der Waals surface area contributed by atoms with E-state index in [0.29, 0.717) is 0 Å². The van der Waals surface area contributed by atoms with Crippen molar-refractivity contribution < 1.29 is 4.79 Å². The number of carbonyl (C=O) groups is 1. The Hall–Kier alpha value is -2.34. The summed E-state index contributed by atoms with van der Waals surface area (Å²) in [7, 11) is 3.91. The first-order valence-electron chi connectivity index (χ1n) is 10.9. The highest BCUT2D eigenvalue weighted by Crippen LogP contribution is 2.37. The number of benzene rings is 2. The number of hydrogen-bond acceptors (Lipinski definition) is 4. The lowest BCUT2D eigenvalue weighted by Crippen LogP contribution is -2.60. The topological polar surface area (TPSA) is 52.8 Å². The Labute approximate surface area is 190 Å². The molecule has 6 heteroatoms. The third-order valence-corrected chi connectivity index (χ3v) is 7.04. The van der Waals surface area contributed by atoms with E-state index in [1.54, 1.807) is 0 Å². The largest absolute Gasteiger partial charge is 0.368 e. The molecule has 2 aliphatic rings. The van der Waals surface area contributed by atoms with Gasteiger partial charge in [-0.25, -0.2) is 0 Å². The number of fused-ring (bicyclic) bond motifs is 2. The smallest absolute Gasteiger partial charge is 0.238 e. The number of hydrogen-bond donors (Lipinski definition) is 1. The van der Waals surface area contributed by atoms with E-state index in [9.17, 15) is 4.79 Å². The van der Waals surface area contributed by atoms with E-state index in [0.717, 1.165) is 56.0 Å². The molecule has 4 rings (SSSR count). The summed E-state index contributed by atoms with van der Waals surface area (Å²) in [5, 5.41) is 0.751. The van der Waals surface area contributed by atoms with Gasteiger partial charge in [0.1, 0.15) is 5.54 Å². The number of nitrogens with zero attached hydrogens (tertiary/aromatic N) is 3. The monoisotopic (exact) mass is 438 g/mol. The number of rotatable bonds is 6. The number of amides is 1. The highest BCUT2D eigenvalue weighted by Gasteiger charge is 2.41. The average molecular weight is 439 g/mol. The van der Waals surface area contributed by atoms with E-state index in [4.69, 9.17) is 17.3 Å². The van der Waals surface area contributed by atoms with Gasteiger partial charge in [0.15, 0.2) is 0 Å². The van der Waals surface area contributed by atoms with Gasteiger partial charge in [-0.15, -0.1) is 0 Å². The molecule has 2 aromatic carbocycles. The average Bonchev–Trinajstić information content (AvgIpc) is 2.91. The second kappa shape index (κ2) is 9.03. The van der Waals surface area contributed by atoms with Crippen LogP contribution >= 0.6 is 11.6 Å². The molecule has 5 nitrogen and oxygen atoms in total. The summed E-state index contributed by atoms with van der Waals surface area (Å²) in [5.74, 6) is -0.207. The lowest BCUT2D eigenvalue weighted by molar-refractivity contribution is -0.131. The number of likely N-dealkylation sites (N-methyl/N-ethyl adjacent to an activating group) is 1. The minimum absolute atomic E-state index is 0.207. The lowest BCUT2D eigenvalue weighted by Gasteiger charge is -2.43. The summed E-state index contributed by atoms with van der Waals surface area (Å²) in [6, 6.07) is 14.6. The van der Waals surface area contributed by atoms with Gasteiger partial charge in [-0.2, -0.15) is 0 Å². The van der Waals surface area contributed by atoms with Crippen molar-refractivity contribution in [2.45, 2.75) is 24.8 Å². The van der Waals surface area contributed by atoms with Gasteiger partial charge in [0.05, 0.1) is 0 Å². The standard InChI is InChI=1S/C25H31ClN4O/c1-28(2)25(24(27)31)12-16-29(17-13-25)14-5-15-30-22-7-4-3-6-19(22)8-9-20-18-21(26)10-11-23(20)30/h3-4,6-11,18H,5,12-17H2,1-2H3,(H2,27,31). The molecule has 0 aliphatic carbocycles. The van der Waals surface area contributed by atoms with Crippen molar-refractivity contribution >= 4 is 41.0 Å². The van der Waals surface area contributed by atoms with Gasteiger partial charge < -0.3 is 15.5 Å². The molecule has 2 N–H and O–H groups in total. The van der Waals surface area contributed by atoms with Crippen LogP contribution in [0.25, 0.3) is 12.2 Å². The first kappa shape index (κ1) is 21.9. The quantitative estimate of drug-likeness (QED) is 0.733. The molecule has 1 saturated heterocycles. The van der Waals surface area contributed by atoms with Crippen molar-refractivity contribution in [1.29, 1.82) is 0 Å². The number of anilines is 2. The maximum Gasteiger partial charge on any atom is 0.238 e. The Bertz CT molecular complexity index is 979. The molecular formula is C25H31ClN4O. The number of para-hydroxylation sites is 1. The first-order chi connectivity index (χ1) is 14.9. The maximum atomic E-state index is 12.1. The molecule has 0 unspecified atom stereocenters. The van der Waals surface area contributed by atoms with Crippen molar-refractivity contribution in [3.63, 3.8) is 0 Å². The summed E-state index contributed by atoms with van der Waals surface area (Å²) in [4.78, 5) is 18.9. The molecule has 1 fully saturated rings. The Morgan fingerprint density at radius 1 is 1.03 bits per heavy atom. The van der Waals surface area contributed by atoms with E-state index < -0.39 is 5.54 Å². The fourth-order valence-corrected chi connectivity index (χ4v) is 5.02. The highest BCUT2D eigenvalue weighted by molar-refractivity contribution is 6.30. The molecule has 0 radical (unpaired) electrons. The highest BCUT2D eigenvalue weighted by atomic mass is 35.5. The van der Waals surface area contributed by atoms with E-state index in [-0.39, 0.29) is 5.91 Å². The van der Waals surface area contributed by atoms with Gasteiger partial charge in [-0.3, -0.25) is 9.69 Å². The second-order valence-corrected chi connectivity index (χ2v) is 9.17. The molecule has 2 aliphatic heterocycles. The van der Waals surface area contributed by atoms with Crippen molar-refractivity contribution in [2.24, 2.45) is 5.73 Å². The molecule has 0 aromatic heterocycles. The molecule has 31 heavy (non-hydrogen) atoms. The van der Waals surface area contributed by atoms with Gasteiger partial charge in [0.2, 0.25) is 5.91 Å². The Balaban J connectivity index is 1.45. The van der Waals surface area contributed by atoms with E-state index >= 15 is 0 Å². The number of primary amides is 1. The van der Waals surface area contributed by atoms with E-state index in [1.165, 1.54) is 16.9 Å². The summed E-state index contributed by atoms with van der Waals surface area (Å²) in [5.41, 5.74) is 9.99. The van der Waals surface area contributed by atoms with Gasteiger partial charge in [-0.05, 0) is 75.3 Å². The summed E-state index contributed by atoms with van der Waals surface area (Å²) in [6.07, 6.45) is 6.91. The molecule has 2 aromatic rings. The predicted octanol–water partition coefficient (Wildman–Crippen LogP) is 4.23. The normalized spacial score (nSPS) is 17.9. The third-order valence-electron chi connectivity index (χ3n) is 6.80. The predicted molar refractivity (Wildman–Crippen MR) is 130 cm³/mol. The Morgan fingerprint density at radius 3 is 2.42 bits per heavy atom. The molecule has 0 saturated carbocycles. The summed E-state index contributed by atoms with van der Waals surface area (Å²) >= 11 is 6.27. The third kappa shape index (κ3) is 4.36. The van der Waals surface area contributed by atoms with Crippen LogP contribution in [0.1, 0.15) is 30.4 Å². The van der Waals surface area contributed by atoms with E-state index in [1.807, 2.05) is 31.1 Å². The zero-order chi connectivity index (χ0) is 22.0. The minimum atomic E-state index is -0.510. The summed E-state index contributed by atoms with van der Waals surface area (Å²) < 4.78 is 0. The van der Waals surface area contributed by atoms with Crippen LogP contribution in [0.5, 0.6) is 0 Å². The fourth-order valence-electron chi connectivity index (χ4n) is 4.84. The SMILES string of the molecule is CN(C)C1(C(N)=O)CCN(CCCN2c3ccccc3C=Cc3cc(Cl)ccc32)CC1. The lowest BCUT2D eigenvalue weighted by atomic mass is 9.85. The second-order valence-electron chi connectivity index (χ2n) is 8.73. The molecule has 0 bridgehead atoms. The molecule has 0 spiro atoms. The van der Waals surface area contributed by atoms with Crippen molar-refractivity contribution in [2.75, 3.05) is 45.2 Å². The molecule has 0 atom stereocenters. The number of piperidine rings is 1. The molecule has 2 heterocycles. The van der Waals surface area contributed by atoms with Gasteiger partial charge in [0, 0.05) is 36.0 Å². The molecule has 1 amide bonds. The van der Waals surface area contributed by atoms with E-state index in [2.05, 4.69) is 52.3 Å². The van der Waals surface area contributed by atoms with Crippen LogP contribution in [0.2, 0.25) is 5.02 Å². The number of nitrogens with two attached hydrogens (primary N) is 1. The van der Waals surface area contributed by atoms with Crippen LogP contribution in [0, 0.1) is 0 Å². The Morgan fingerprint density at radius 2 is 1.71 bits per heavy atom. The van der Waals surface area contributed by atoms with Gasteiger partial charge in [-0.1, -0.05) is 42.0 Å². The van der Waals surface area contributed by atoms with Crippen molar-refractivity contribution in [3.8, 4) is 0 Å². The summed E-state index contributed by atoms with van der Waals surface area (Å²) in [6.45, 7) is 3.70. The zero-order valence-corrected chi connectivity index (χ0v) is 19.1. The number of carbonyl (C=O) groups excluding carboxylic acids is 1. The number of likely N-dealkylation sites (tertiary alicyclic amines) is 1. The maximum absolute atomic E-state index is 12.1. The Kier molecular flexibility index (Phi) is 6.37. The van der Waals surface area contributed by atoms with Gasteiger partial charge >= 0.3 is 0 Å². The molecule has 164 valence electrons. The fraction of sp³-hybridized carbons (Fsp3) is 0.400. The van der Waals surface area contributed by atoms with Crippen LogP contribution in [0.15, 0.2) is 42.5 Å². The zero-order valence-electron chi connectivity index (χ0n) is 18.4. The van der Waals surface area contributed by atoms with Crippen molar-refractivity contribution in [3.05, 3.63) is 58.6 Å². The van der Waals surface area contributed by atoms with Crippen LogP contribution in [0.4, 0.5) is 11.4 Å². The van der Waals surface area contributed by atoms with Crippen LogP contribution in [-0.2, 0) is 4.79 Å². The van der Waals surface area contributed by atoms with Gasteiger partial charge in [0.25, 0.3) is 0 Å². The minimum Gasteiger partial charge on any atom is -0.368 e. The number of halogens is 1. The van der Waals surface area contributed by atoms with Crippen LogP contribution in [-0.4, -0.2) is 61.5 Å². The van der Waals surface area contributed by atoms with Crippen LogP contribution in [0.3, 0.4) is 0 Å². The first-order valence-corrected chi connectivity index (χ1v) is 11.3. The van der Waals surface area contributed by atoms with Crippen molar-refractivity contribution in [1.82, 2.24) is 9.80 Å².